The number of ether oxygens (including phenoxy) is 2. The van der Waals surface area contributed by atoms with Gasteiger partial charge in [-0.15, -0.1) is 34.2 Å². The Morgan fingerprint density at radius 1 is 0.969 bits per heavy atom. The highest BCUT2D eigenvalue weighted by atomic mass is 127. The first-order valence-electron chi connectivity index (χ1n) is 10.1. The van der Waals surface area contributed by atoms with Crippen LogP contribution in [0.3, 0.4) is 0 Å². The monoisotopic (exact) mass is 550 g/mol. The number of rotatable bonds is 8. The van der Waals surface area contributed by atoms with Crippen LogP contribution in [0.15, 0.2) is 47.5 Å². The summed E-state index contributed by atoms with van der Waals surface area (Å²) in [5, 5.41) is 15.1. The molecule has 2 aromatic carbocycles. The molecule has 32 heavy (non-hydrogen) atoms. The SMILES string of the molecule is COc1ccc(CN=C(NCc2ccc(C)cc2OC)NCc2nnc(C)n2C)cc1.I. The quantitative estimate of drug-likeness (QED) is 0.254. The number of aromatic nitrogens is 3. The maximum Gasteiger partial charge on any atom is 0.192 e. The predicted octanol–water partition coefficient (Wildman–Crippen LogP) is 3.50. The van der Waals surface area contributed by atoms with Gasteiger partial charge in [0.1, 0.15) is 17.3 Å². The lowest BCUT2D eigenvalue weighted by Gasteiger charge is -2.15. The Kier molecular flexibility index (Phi) is 9.76. The van der Waals surface area contributed by atoms with Gasteiger partial charge in [0.15, 0.2) is 11.8 Å². The maximum atomic E-state index is 5.52. The minimum atomic E-state index is 0. The molecule has 0 spiro atoms. The van der Waals surface area contributed by atoms with E-state index in [1.807, 2.05) is 55.8 Å². The number of benzene rings is 2. The highest BCUT2D eigenvalue weighted by Gasteiger charge is 2.08. The van der Waals surface area contributed by atoms with Crippen LogP contribution in [0.5, 0.6) is 11.5 Å². The molecule has 8 nitrogen and oxygen atoms in total. The number of methoxy groups -OCH3 is 2. The summed E-state index contributed by atoms with van der Waals surface area (Å²) in [5.41, 5.74) is 3.30. The van der Waals surface area contributed by atoms with Crippen LogP contribution in [0.1, 0.15) is 28.3 Å². The van der Waals surface area contributed by atoms with E-state index in [9.17, 15) is 0 Å². The van der Waals surface area contributed by atoms with Crippen molar-refractivity contribution < 1.29 is 9.47 Å². The zero-order chi connectivity index (χ0) is 22.2. The predicted molar refractivity (Wildman–Crippen MR) is 137 cm³/mol. The van der Waals surface area contributed by atoms with Crippen LogP contribution in [0, 0.1) is 13.8 Å². The molecule has 0 atom stereocenters. The van der Waals surface area contributed by atoms with Gasteiger partial charge in [0.25, 0.3) is 0 Å². The van der Waals surface area contributed by atoms with E-state index in [-0.39, 0.29) is 24.0 Å². The molecular weight excluding hydrogens is 519 g/mol. The molecule has 0 saturated carbocycles. The number of hydrogen-bond acceptors (Lipinski definition) is 5. The number of nitrogens with one attached hydrogen (secondary N) is 2. The van der Waals surface area contributed by atoms with Gasteiger partial charge in [0.05, 0.1) is 27.3 Å². The summed E-state index contributed by atoms with van der Waals surface area (Å²) in [5.74, 6) is 4.06. The standard InChI is InChI=1S/C23H30N6O2.HI/c1-16-6-9-19(21(12-16)31-5)14-25-23(26-15-22-28-27-17(2)29(22)3)24-13-18-7-10-20(30-4)11-8-18;/h6-12H,13-15H2,1-5H3,(H2,24,25,26);1H. The van der Waals surface area contributed by atoms with Crippen molar-refractivity contribution >= 4 is 29.9 Å². The molecular formula is C23H31IN6O2. The number of halogens is 1. The zero-order valence-electron chi connectivity index (χ0n) is 19.2. The van der Waals surface area contributed by atoms with E-state index in [0.717, 1.165) is 39.8 Å². The molecule has 1 aromatic heterocycles. The van der Waals surface area contributed by atoms with Crippen molar-refractivity contribution in [3.63, 3.8) is 0 Å². The number of hydrogen-bond donors (Lipinski definition) is 2. The zero-order valence-corrected chi connectivity index (χ0v) is 21.5. The molecule has 0 aliphatic carbocycles. The number of nitrogens with zero attached hydrogens (tertiary/aromatic N) is 4. The Labute approximate surface area is 206 Å². The second-order valence-electron chi connectivity index (χ2n) is 7.26. The summed E-state index contributed by atoms with van der Waals surface area (Å²) in [6.45, 7) is 5.60. The van der Waals surface area contributed by atoms with Crippen LogP contribution in [-0.4, -0.2) is 34.9 Å². The van der Waals surface area contributed by atoms with Crippen LogP contribution >= 0.6 is 24.0 Å². The first-order chi connectivity index (χ1) is 15.0. The molecule has 0 bridgehead atoms. The third-order valence-corrected chi connectivity index (χ3v) is 5.06. The van der Waals surface area contributed by atoms with Gasteiger partial charge in [-0.3, -0.25) is 0 Å². The van der Waals surface area contributed by atoms with Gasteiger partial charge < -0.3 is 24.7 Å². The van der Waals surface area contributed by atoms with E-state index in [2.05, 4.69) is 33.0 Å². The van der Waals surface area contributed by atoms with E-state index in [1.54, 1.807) is 14.2 Å². The van der Waals surface area contributed by atoms with Gasteiger partial charge >= 0.3 is 0 Å². The lowest BCUT2D eigenvalue weighted by atomic mass is 10.1. The average Bonchev–Trinajstić information content (AvgIpc) is 3.11. The lowest BCUT2D eigenvalue weighted by molar-refractivity contribution is 0.408. The molecule has 3 aromatic rings. The minimum Gasteiger partial charge on any atom is -0.497 e. The normalized spacial score (nSPS) is 11.0. The smallest absolute Gasteiger partial charge is 0.192 e. The van der Waals surface area contributed by atoms with Gasteiger partial charge in [0, 0.05) is 19.2 Å². The first kappa shape index (κ1) is 25.4. The molecule has 1 heterocycles. The van der Waals surface area contributed by atoms with Crippen molar-refractivity contribution in [2.24, 2.45) is 12.0 Å². The van der Waals surface area contributed by atoms with Gasteiger partial charge in [-0.25, -0.2) is 4.99 Å². The van der Waals surface area contributed by atoms with Crippen LogP contribution in [0.2, 0.25) is 0 Å². The summed E-state index contributed by atoms with van der Waals surface area (Å²) in [6.07, 6.45) is 0. The second kappa shape index (κ2) is 12.3. The highest BCUT2D eigenvalue weighted by Crippen LogP contribution is 2.19. The summed E-state index contributed by atoms with van der Waals surface area (Å²) >= 11 is 0. The Morgan fingerprint density at radius 3 is 2.31 bits per heavy atom. The van der Waals surface area contributed by atoms with E-state index in [0.29, 0.717) is 25.6 Å². The van der Waals surface area contributed by atoms with Crippen molar-refractivity contribution in [1.82, 2.24) is 25.4 Å². The van der Waals surface area contributed by atoms with E-state index in [1.165, 1.54) is 0 Å². The van der Waals surface area contributed by atoms with Crippen LogP contribution in [-0.2, 0) is 26.7 Å². The summed E-state index contributed by atoms with van der Waals surface area (Å²) in [6, 6.07) is 14.1. The van der Waals surface area contributed by atoms with Crippen molar-refractivity contribution in [2.75, 3.05) is 14.2 Å². The van der Waals surface area contributed by atoms with Crippen LogP contribution < -0.4 is 20.1 Å². The Balaban J connectivity index is 0.00000363. The van der Waals surface area contributed by atoms with Crippen molar-refractivity contribution in [2.45, 2.75) is 33.5 Å². The summed E-state index contributed by atoms with van der Waals surface area (Å²) in [7, 11) is 5.30. The van der Waals surface area contributed by atoms with Gasteiger partial charge in [0.2, 0.25) is 0 Å². The summed E-state index contributed by atoms with van der Waals surface area (Å²) < 4.78 is 12.7. The maximum absolute atomic E-state index is 5.52. The van der Waals surface area contributed by atoms with Gasteiger partial charge in [-0.1, -0.05) is 24.3 Å². The largest absolute Gasteiger partial charge is 0.497 e. The van der Waals surface area contributed by atoms with E-state index >= 15 is 0 Å². The fourth-order valence-corrected chi connectivity index (χ4v) is 3.02. The Morgan fingerprint density at radius 2 is 1.69 bits per heavy atom. The molecule has 9 heteroatoms. The number of aliphatic imine (C=N–C) groups is 1. The molecule has 0 radical (unpaired) electrons. The highest BCUT2D eigenvalue weighted by molar-refractivity contribution is 14.0. The van der Waals surface area contributed by atoms with Crippen LogP contribution in [0.25, 0.3) is 0 Å². The summed E-state index contributed by atoms with van der Waals surface area (Å²) in [4.78, 5) is 4.74. The van der Waals surface area contributed by atoms with Gasteiger partial charge in [-0.05, 0) is 43.2 Å². The molecule has 0 aliphatic heterocycles. The molecule has 0 fully saturated rings. The molecule has 2 N–H and O–H groups in total. The number of aryl methyl sites for hydroxylation is 2. The molecule has 0 aliphatic rings. The Bertz CT molecular complexity index is 1030. The first-order valence-corrected chi connectivity index (χ1v) is 10.1. The fraction of sp³-hybridized carbons (Fsp3) is 0.348. The van der Waals surface area contributed by atoms with Gasteiger partial charge in [-0.2, -0.15) is 0 Å². The van der Waals surface area contributed by atoms with Crippen molar-refractivity contribution in [3.8, 4) is 11.5 Å². The third-order valence-electron chi connectivity index (χ3n) is 5.06. The molecule has 0 unspecified atom stereocenters. The molecule has 3 rings (SSSR count). The van der Waals surface area contributed by atoms with Crippen LogP contribution in [0.4, 0.5) is 0 Å². The van der Waals surface area contributed by atoms with E-state index < -0.39 is 0 Å². The Hall–Kier alpha value is -2.82. The third kappa shape index (κ3) is 6.84. The van der Waals surface area contributed by atoms with E-state index in [4.69, 9.17) is 14.5 Å². The topological polar surface area (TPSA) is 85.6 Å². The fourth-order valence-electron chi connectivity index (χ4n) is 3.02. The molecule has 172 valence electrons. The second-order valence-corrected chi connectivity index (χ2v) is 7.26. The minimum absolute atomic E-state index is 0. The molecule has 0 amide bonds. The van der Waals surface area contributed by atoms with Crippen molar-refractivity contribution in [1.29, 1.82) is 0 Å². The molecule has 0 saturated heterocycles. The average molecular weight is 550 g/mol. The lowest BCUT2D eigenvalue weighted by Crippen LogP contribution is -2.37. The van der Waals surface area contributed by atoms with Crippen molar-refractivity contribution in [3.05, 3.63) is 70.8 Å². The number of guanidine groups is 1.